The molecule has 35 heavy (non-hydrogen) atoms. The van der Waals surface area contributed by atoms with E-state index in [0.717, 1.165) is 47.9 Å². The molecule has 0 aromatic heterocycles. The van der Waals surface area contributed by atoms with Crippen molar-refractivity contribution in [3.63, 3.8) is 0 Å². The van der Waals surface area contributed by atoms with Gasteiger partial charge in [-0.3, -0.25) is 9.59 Å². The first kappa shape index (κ1) is 24.8. The van der Waals surface area contributed by atoms with Crippen LogP contribution in [0.1, 0.15) is 69.4 Å². The summed E-state index contributed by atoms with van der Waals surface area (Å²) in [7, 11) is 0. The van der Waals surface area contributed by atoms with Gasteiger partial charge in [-0.15, -0.1) is 0 Å². The number of carbonyl (C=O) groups is 3. The van der Waals surface area contributed by atoms with Crippen molar-refractivity contribution in [2.75, 3.05) is 6.61 Å². The molecule has 186 valence electrons. The molecule has 0 bridgehead atoms. The van der Waals surface area contributed by atoms with Crippen molar-refractivity contribution in [3.05, 3.63) is 59.7 Å². The van der Waals surface area contributed by atoms with Crippen LogP contribution in [-0.2, 0) is 14.3 Å². The van der Waals surface area contributed by atoms with Gasteiger partial charge >= 0.3 is 12.1 Å². The van der Waals surface area contributed by atoms with Crippen LogP contribution in [0.5, 0.6) is 0 Å². The van der Waals surface area contributed by atoms with E-state index in [2.05, 4.69) is 34.9 Å². The van der Waals surface area contributed by atoms with Gasteiger partial charge < -0.3 is 20.5 Å². The summed E-state index contributed by atoms with van der Waals surface area (Å²) in [5.74, 6) is -1.37. The second-order valence-corrected chi connectivity index (χ2v) is 9.84. The van der Waals surface area contributed by atoms with Crippen LogP contribution in [0.15, 0.2) is 48.5 Å². The quantitative estimate of drug-likeness (QED) is 0.429. The standard InChI is InChI=1S/C28H34N2O5/c1-3-4-9-19(16-25(31)32)29-26(33)28(2,18-14-15-18)30-27(34)35-17-24-22-12-7-5-10-20(22)21-11-6-8-13-23(21)24/h5-8,10-13,18-19,24H,3-4,9,14-17H2,1-2H3,(H,29,33)(H,30,34)(H,31,32)/t19-,28?/m0/s1. The summed E-state index contributed by atoms with van der Waals surface area (Å²) in [6.07, 6.45) is 3.18. The van der Waals surface area contributed by atoms with Gasteiger partial charge in [-0.2, -0.15) is 0 Å². The normalized spacial score (nSPS) is 17.0. The number of nitrogens with one attached hydrogen (secondary N) is 2. The molecule has 0 aliphatic heterocycles. The molecule has 2 amide bonds. The zero-order valence-electron chi connectivity index (χ0n) is 20.4. The Labute approximate surface area is 206 Å². The van der Waals surface area contributed by atoms with Crippen molar-refractivity contribution in [2.24, 2.45) is 5.92 Å². The topological polar surface area (TPSA) is 105 Å². The Balaban J connectivity index is 1.42. The number of alkyl carbamates (subject to hydrolysis) is 1. The molecule has 2 aliphatic carbocycles. The predicted octanol–water partition coefficient (Wildman–Crippen LogP) is 4.84. The van der Waals surface area contributed by atoms with Crippen molar-refractivity contribution >= 4 is 18.0 Å². The summed E-state index contributed by atoms with van der Waals surface area (Å²) in [5.41, 5.74) is 3.39. The number of hydrogen-bond acceptors (Lipinski definition) is 4. The first-order valence-electron chi connectivity index (χ1n) is 12.5. The fourth-order valence-corrected chi connectivity index (χ4v) is 5.07. The Hall–Kier alpha value is -3.35. The first-order chi connectivity index (χ1) is 16.8. The van der Waals surface area contributed by atoms with E-state index in [1.165, 1.54) is 0 Å². The van der Waals surface area contributed by atoms with E-state index < -0.39 is 23.6 Å². The first-order valence-corrected chi connectivity index (χ1v) is 12.5. The molecule has 0 radical (unpaired) electrons. The number of ether oxygens (including phenoxy) is 1. The van der Waals surface area contributed by atoms with Crippen LogP contribution < -0.4 is 10.6 Å². The molecule has 2 atom stereocenters. The maximum absolute atomic E-state index is 13.3. The van der Waals surface area contributed by atoms with E-state index in [-0.39, 0.29) is 30.8 Å². The van der Waals surface area contributed by atoms with Crippen LogP contribution in [0.3, 0.4) is 0 Å². The Morgan fingerprint density at radius 3 is 2.20 bits per heavy atom. The minimum Gasteiger partial charge on any atom is -0.481 e. The molecule has 2 aromatic rings. The smallest absolute Gasteiger partial charge is 0.408 e. The van der Waals surface area contributed by atoms with Crippen LogP contribution in [0.4, 0.5) is 4.79 Å². The molecule has 0 saturated heterocycles. The SMILES string of the molecule is CCCC[C@@H](CC(=O)O)NC(=O)C(C)(NC(=O)OCC1c2ccccc2-c2ccccc21)C1CC1. The third-order valence-electron chi connectivity index (χ3n) is 7.23. The van der Waals surface area contributed by atoms with Crippen molar-refractivity contribution in [1.82, 2.24) is 10.6 Å². The summed E-state index contributed by atoms with van der Waals surface area (Å²) in [5, 5.41) is 14.9. The van der Waals surface area contributed by atoms with Crippen LogP contribution in [0.2, 0.25) is 0 Å². The van der Waals surface area contributed by atoms with Crippen molar-refractivity contribution in [1.29, 1.82) is 0 Å². The maximum atomic E-state index is 13.3. The van der Waals surface area contributed by atoms with Crippen molar-refractivity contribution < 1.29 is 24.2 Å². The number of amides is 2. The third kappa shape index (κ3) is 5.50. The lowest BCUT2D eigenvalue weighted by Crippen LogP contribution is -2.60. The number of unbranched alkanes of at least 4 members (excludes halogenated alkanes) is 1. The highest BCUT2D eigenvalue weighted by Crippen LogP contribution is 2.44. The molecule has 2 aromatic carbocycles. The largest absolute Gasteiger partial charge is 0.481 e. The van der Waals surface area contributed by atoms with Crippen LogP contribution in [0, 0.1) is 5.92 Å². The number of benzene rings is 2. The van der Waals surface area contributed by atoms with E-state index in [1.807, 2.05) is 31.2 Å². The van der Waals surface area contributed by atoms with E-state index in [0.29, 0.717) is 6.42 Å². The third-order valence-corrected chi connectivity index (χ3v) is 7.23. The second kappa shape index (κ2) is 10.5. The highest BCUT2D eigenvalue weighted by atomic mass is 16.5. The summed E-state index contributed by atoms with van der Waals surface area (Å²) in [6.45, 7) is 3.89. The van der Waals surface area contributed by atoms with Gasteiger partial charge in [0, 0.05) is 12.0 Å². The van der Waals surface area contributed by atoms with Gasteiger partial charge in [0.1, 0.15) is 12.1 Å². The molecular weight excluding hydrogens is 444 g/mol. The minimum atomic E-state index is -1.15. The van der Waals surface area contributed by atoms with Gasteiger partial charge in [-0.1, -0.05) is 68.3 Å². The van der Waals surface area contributed by atoms with Gasteiger partial charge in [-0.25, -0.2) is 4.79 Å². The van der Waals surface area contributed by atoms with Gasteiger partial charge in [0.15, 0.2) is 0 Å². The average molecular weight is 479 g/mol. The maximum Gasteiger partial charge on any atom is 0.408 e. The fourth-order valence-electron chi connectivity index (χ4n) is 5.07. The Bertz CT molecular complexity index is 1050. The zero-order valence-corrected chi connectivity index (χ0v) is 20.4. The van der Waals surface area contributed by atoms with E-state index >= 15 is 0 Å². The number of rotatable bonds is 11. The lowest BCUT2D eigenvalue weighted by molar-refractivity contribution is -0.138. The average Bonchev–Trinajstić information content (AvgIpc) is 3.64. The number of carbonyl (C=O) groups excluding carboxylic acids is 2. The molecule has 1 unspecified atom stereocenters. The van der Waals surface area contributed by atoms with Crippen molar-refractivity contribution in [3.8, 4) is 11.1 Å². The number of carboxylic acids is 1. The van der Waals surface area contributed by atoms with Gasteiger partial charge in [-0.05, 0) is 54.4 Å². The lowest BCUT2D eigenvalue weighted by atomic mass is 9.93. The summed E-state index contributed by atoms with van der Waals surface area (Å²) in [6, 6.07) is 15.8. The number of aliphatic carboxylic acids is 1. The van der Waals surface area contributed by atoms with Gasteiger partial charge in [0.25, 0.3) is 0 Å². The summed E-state index contributed by atoms with van der Waals surface area (Å²) < 4.78 is 5.67. The molecule has 2 aliphatic rings. The Morgan fingerprint density at radius 1 is 1.06 bits per heavy atom. The number of hydrogen-bond donors (Lipinski definition) is 3. The monoisotopic (exact) mass is 478 g/mol. The van der Waals surface area contributed by atoms with Crippen molar-refractivity contribution in [2.45, 2.75) is 69.9 Å². The number of carboxylic acid groups (broad SMARTS) is 1. The molecule has 7 nitrogen and oxygen atoms in total. The molecule has 7 heteroatoms. The molecule has 1 fully saturated rings. The Morgan fingerprint density at radius 2 is 1.66 bits per heavy atom. The highest BCUT2D eigenvalue weighted by molar-refractivity contribution is 5.91. The van der Waals surface area contributed by atoms with Crippen LogP contribution >= 0.6 is 0 Å². The molecule has 0 heterocycles. The Kier molecular flexibility index (Phi) is 7.43. The summed E-state index contributed by atoms with van der Waals surface area (Å²) in [4.78, 5) is 37.4. The van der Waals surface area contributed by atoms with Gasteiger partial charge in [0.05, 0.1) is 6.42 Å². The second-order valence-electron chi connectivity index (χ2n) is 9.84. The van der Waals surface area contributed by atoms with E-state index in [9.17, 15) is 19.5 Å². The fraction of sp³-hybridized carbons (Fsp3) is 0.464. The highest BCUT2D eigenvalue weighted by Gasteiger charge is 2.49. The van der Waals surface area contributed by atoms with Crippen LogP contribution in [-0.4, -0.2) is 41.3 Å². The lowest BCUT2D eigenvalue weighted by Gasteiger charge is -2.31. The van der Waals surface area contributed by atoms with Crippen LogP contribution in [0.25, 0.3) is 11.1 Å². The van der Waals surface area contributed by atoms with E-state index in [4.69, 9.17) is 4.74 Å². The molecule has 0 spiro atoms. The van der Waals surface area contributed by atoms with Gasteiger partial charge in [0.2, 0.25) is 5.91 Å². The minimum absolute atomic E-state index is 0.000337. The molecule has 3 N–H and O–H groups in total. The molecule has 4 rings (SSSR count). The number of fused-ring (bicyclic) bond motifs is 3. The molecule has 1 saturated carbocycles. The predicted molar refractivity (Wildman–Crippen MR) is 133 cm³/mol. The summed E-state index contributed by atoms with van der Waals surface area (Å²) >= 11 is 0. The van der Waals surface area contributed by atoms with E-state index in [1.54, 1.807) is 6.92 Å². The molecular formula is C28H34N2O5. The zero-order chi connectivity index (χ0) is 25.0.